The largest absolute Gasteiger partial charge is 0.496 e. The molecule has 3 nitrogen and oxygen atoms in total. The van der Waals surface area contributed by atoms with Crippen LogP contribution in [0.15, 0.2) is 46.9 Å². The highest BCUT2D eigenvalue weighted by atomic mass is 79.9. The van der Waals surface area contributed by atoms with Crippen LogP contribution < -0.4 is 16.0 Å². The van der Waals surface area contributed by atoms with Gasteiger partial charge in [-0.25, -0.2) is 5.43 Å². The Labute approximate surface area is 128 Å². The lowest BCUT2D eigenvalue weighted by Crippen LogP contribution is -2.28. The standard InChI is InChI=1S/C16H19BrN2O/c1-3-11-4-6-12(7-5-11)16(19-18)13-8-9-15(20-2)14(17)10-13/h4-10,16,19H,3,18H2,1-2H3. The molecule has 0 aliphatic rings. The van der Waals surface area contributed by atoms with Crippen molar-refractivity contribution >= 4 is 15.9 Å². The van der Waals surface area contributed by atoms with Crippen LogP contribution in [0.1, 0.15) is 29.7 Å². The first-order valence-electron chi connectivity index (χ1n) is 6.58. The van der Waals surface area contributed by atoms with Crippen molar-refractivity contribution in [3.63, 3.8) is 0 Å². The van der Waals surface area contributed by atoms with Gasteiger partial charge in [0.2, 0.25) is 0 Å². The van der Waals surface area contributed by atoms with E-state index in [0.717, 1.165) is 27.8 Å². The Morgan fingerprint density at radius 2 is 1.80 bits per heavy atom. The fourth-order valence-electron chi connectivity index (χ4n) is 2.19. The first kappa shape index (κ1) is 15.0. The van der Waals surface area contributed by atoms with Gasteiger partial charge in [-0.05, 0) is 51.2 Å². The molecule has 1 unspecified atom stereocenters. The molecule has 0 aliphatic heterocycles. The molecule has 2 aromatic rings. The molecule has 0 spiro atoms. The summed E-state index contributed by atoms with van der Waals surface area (Å²) in [4.78, 5) is 0. The van der Waals surface area contributed by atoms with Crippen molar-refractivity contribution in [1.29, 1.82) is 0 Å². The quantitative estimate of drug-likeness (QED) is 0.649. The molecule has 1 atom stereocenters. The maximum absolute atomic E-state index is 5.73. The van der Waals surface area contributed by atoms with E-state index in [0.29, 0.717) is 0 Å². The number of nitrogens with one attached hydrogen (secondary N) is 1. The van der Waals surface area contributed by atoms with Gasteiger partial charge in [0.15, 0.2) is 0 Å². The Bertz CT molecular complexity index is 569. The van der Waals surface area contributed by atoms with Crippen LogP contribution in [0.5, 0.6) is 5.75 Å². The summed E-state index contributed by atoms with van der Waals surface area (Å²) in [6, 6.07) is 14.4. The number of hydrogen-bond donors (Lipinski definition) is 2. The van der Waals surface area contributed by atoms with Gasteiger partial charge in [-0.2, -0.15) is 0 Å². The van der Waals surface area contributed by atoms with Crippen LogP contribution in [0.25, 0.3) is 0 Å². The lowest BCUT2D eigenvalue weighted by molar-refractivity contribution is 0.411. The van der Waals surface area contributed by atoms with Crippen LogP contribution in [0, 0.1) is 0 Å². The molecule has 0 radical (unpaired) electrons. The summed E-state index contributed by atoms with van der Waals surface area (Å²) < 4.78 is 6.17. The predicted octanol–water partition coefficient (Wildman–Crippen LogP) is 3.57. The Balaban J connectivity index is 2.33. The molecule has 106 valence electrons. The Morgan fingerprint density at radius 3 is 2.30 bits per heavy atom. The molecule has 0 saturated heterocycles. The second kappa shape index (κ2) is 6.88. The van der Waals surface area contributed by atoms with E-state index in [4.69, 9.17) is 10.6 Å². The van der Waals surface area contributed by atoms with E-state index in [1.54, 1.807) is 7.11 Å². The minimum absolute atomic E-state index is 0.0388. The van der Waals surface area contributed by atoms with Crippen molar-refractivity contribution in [2.75, 3.05) is 7.11 Å². The molecule has 2 aromatic carbocycles. The number of benzene rings is 2. The van der Waals surface area contributed by atoms with Crippen molar-refractivity contribution in [3.05, 3.63) is 63.6 Å². The van der Waals surface area contributed by atoms with E-state index >= 15 is 0 Å². The molecular formula is C16H19BrN2O. The van der Waals surface area contributed by atoms with Crippen molar-refractivity contribution in [1.82, 2.24) is 5.43 Å². The molecule has 2 rings (SSSR count). The maximum atomic E-state index is 5.73. The van der Waals surface area contributed by atoms with E-state index in [-0.39, 0.29) is 6.04 Å². The second-order valence-electron chi connectivity index (χ2n) is 4.59. The van der Waals surface area contributed by atoms with Crippen LogP contribution in [0.4, 0.5) is 0 Å². The average Bonchev–Trinajstić information content (AvgIpc) is 2.49. The minimum atomic E-state index is -0.0388. The highest BCUT2D eigenvalue weighted by Gasteiger charge is 2.14. The number of halogens is 1. The fourth-order valence-corrected chi connectivity index (χ4v) is 2.75. The topological polar surface area (TPSA) is 47.3 Å². The normalized spacial score (nSPS) is 12.2. The lowest BCUT2D eigenvalue weighted by atomic mass is 9.98. The van der Waals surface area contributed by atoms with Gasteiger partial charge in [0.05, 0.1) is 17.6 Å². The molecule has 0 aromatic heterocycles. The molecule has 4 heteroatoms. The Kier molecular flexibility index (Phi) is 5.17. The zero-order valence-electron chi connectivity index (χ0n) is 11.7. The number of methoxy groups -OCH3 is 1. The molecule has 0 fully saturated rings. The van der Waals surface area contributed by atoms with E-state index in [2.05, 4.69) is 52.5 Å². The van der Waals surface area contributed by atoms with E-state index < -0.39 is 0 Å². The molecule has 0 heterocycles. The molecule has 0 bridgehead atoms. The number of nitrogens with two attached hydrogens (primary N) is 1. The van der Waals surface area contributed by atoms with E-state index in [1.807, 2.05) is 18.2 Å². The van der Waals surface area contributed by atoms with Crippen LogP contribution in [0.2, 0.25) is 0 Å². The van der Waals surface area contributed by atoms with Gasteiger partial charge in [-0.1, -0.05) is 37.3 Å². The summed E-state index contributed by atoms with van der Waals surface area (Å²) >= 11 is 3.51. The van der Waals surface area contributed by atoms with Gasteiger partial charge in [0.1, 0.15) is 5.75 Å². The van der Waals surface area contributed by atoms with Crippen molar-refractivity contribution in [2.45, 2.75) is 19.4 Å². The summed E-state index contributed by atoms with van der Waals surface area (Å²) in [6.45, 7) is 2.15. The van der Waals surface area contributed by atoms with Crippen molar-refractivity contribution in [2.24, 2.45) is 5.84 Å². The first-order valence-corrected chi connectivity index (χ1v) is 7.37. The van der Waals surface area contributed by atoms with Gasteiger partial charge in [0, 0.05) is 0 Å². The number of ether oxygens (including phenoxy) is 1. The lowest BCUT2D eigenvalue weighted by Gasteiger charge is -2.18. The van der Waals surface area contributed by atoms with Gasteiger partial charge in [0.25, 0.3) is 0 Å². The molecule has 0 aliphatic carbocycles. The van der Waals surface area contributed by atoms with Crippen LogP contribution in [-0.4, -0.2) is 7.11 Å². The summed E-state index contributed by atoms with van der Waals surface area (Å²) in [7, 11) is 1.65. The maximum Gasteiger partial charge on any atom is 0.133 e. The molecule has 0 amide bonds. The van der Waals surface area contributed by atoms with E-state index in [1.165, 1.54) is 5.56 Å². The van der Waals surface area contributed by atoms with E-state index in [9.17, 15) is 0 Å². The van der Waals surface area contributed by atoms with Gasteiger partial charge in [-0.15, -0.1) is 0 Å². The molecular weight excluding hydrogens is 316 g/mol. The summed E-state index contributed by atoms with van der Waals surface area (Å²) in [6.07, 6.45) is 1.04. The Morgan fingerprint density at radius 1 is 1.15 bits per heavy atom. The second-order valence-corrected chi connectivity index (χ2v) is 5.44. The third kappa shape index (κ3) is 3.20. The zero-order valence-corrected chi connectivity index (χ0v) is 13.3. The first-order chi connectivity index (χ1) is 9.69. The molecule has 0 saturated carbocycles. The summed E-state index contributed by atoms with van der Waals surface area (Å²) in [5.41, 5.74) is 6.42. The highest BCUT2D eigenvalue weighted by Crippen LogP contribution is 2.30. The summed E-state index contributed by atoms with van der Waals surface area (Å²) in [5, 5.41) is 0. The Hall–Kier alpha value is -1.36. The van der Waals surface area contributed by atoms with Crippen LogP contribution >= 0.6 is 15.9 Å². The highest BCUT2D eigenvalue weighted by molar-refractivity contribution is 9.10. The SMILES string of the molecule is CCc1ccc(C(NN)c2ccc(OC)c(Br)c2)cc1. The third-order valence-corrected chi connectivity index (χ3v) is 4.02. The smallest absolute Gasteiger partial charge is 0.133 e. The number of hydrazine groups is 1. The average molecular weight is 335 g/mol. The zero-order chi connectivity index (χ0) is 14.5. The molecule has 20 heavy (non-hydrogen) atoms. The van der Waals surface area contributed by atoms with Gasteiger partial charge in [-0.3, -0.25) is 5.84 Å². The summed E-state index contributed by atoms with van der Waals surface area (Å²) in [5.74, 6) is 6.54. The fraction of sp³-hybridized carbons (Fsp3) is 0.250. The monoisotopic (exact) mass is 334 g/mol. The minimum Gasteiger partial charge on any atom is -0.496 e. The predicted molar refractivity (Wildman–Crippen MR) is 85.7 cm³/mol. The van der Waals surface area contributed by atoms with Gasteiger partial charge < -0.3 is 4.74 Å². The van der Waals surface area contributed by atoms with Crippen molar-refractivity contribution in [3.8, 4) is 5.75 Å². The van der Waals surface area contributed by atoms with Crippen molar-refractivity contribution < 1.29 is 4.74 Å². The number of hydrogen-bond acceptors (Lipinski definition) is 3. The number of aryl methyl sites for hydroxylation is 1. The van der Waals surface area contributed by atoms with Gasteiger partial charge >= 0.3 is 0 Å². The van der Waals surface area contributed by atoms with Crippen LogP contribution in [0.3, 0.4) is 0 Å². The molecule has 3 N–H and O–H groups in total. The number of rotatable bonds is 5. The van der Waals surface area contributed by atoms with Crippen LogP contribution in [-0.2, 0) is 6.42 Å². The third-order valence-electron chi connectivity index (χ3n) is 3.40.